The lowest BCUT2D eigenvalue weighted by molar-refractivity contribution is -0.139. The number of nitrogens with one attached hydrogen (secondary N) is 1. The van der Waals surface area contributed by atoms with E-state index in [1.54, 1.807) is 12.3 Å². The number of carboxylic acid groups (broad SMARTS) is 1. The number of pyridine rings is 1. The van der Waals surface area contributed by atoms with Crippen LogP contribution in [-0.2, 0) is 4.79 Å². The number of nitrogens with two attached hydrogens (primary N) is 1. The summed E-state index contributed by atoms with van der Waals surface area (Å²) in [5.41, 5.74) is 5.74. The highest BCUT2D eigenvalue weighted by Gasteiger charge is 2.23. The molecular weight excluding hydrogens is 449 g/mol. The van der Waals surface area contributed by atoms with Crippen molar-refractivity contribution >= 4 is 34.5 Å². The van der Waals surface area contributed by atoms with Gasteiger partial charge < -0.3 is 16.2 Å². The van der Waals surface area contributed by atoms with Crippen LogP contribution in [0.2, 0.25) is 0 Å². The lowest BCUT2D eigenvalue weighted by Crippen LogP contribution is -2.43. The molecule has 1 aromatic heterocycles. The number of aliphatic carboxylic acids is 1. The molecule has 2 rings (SSSR count). The van der Waals surface area contributed by atoms with Crippen LogP contribution in [0, 0.1) is 0 Å². The predicted octanol–water partition coefficient (Wildman–Crippen LogP) is 1.75. The van der Waals surface area contributed by atoms with E-state index in [0.717, 1.165) is 5.56 Å². The van der Waals surface area contributed by atoms with Gasteiger partial charge in [0.2, 0.25) is 0 Å². The normalized spacial score (nSPS) is 13.0. The molecule has 0 saturated heterocycles. The Bertz CT molecular complexity index is 823. The van der Waals surface area contributed by atoms with Crippen molar-refractivity contribution in [2.24, 2.45) is 5.73 Å². The number of hydrogen-bond donors (Lipinski definition) is 3. The molecule has 26 heavy (non-hydrogen) atoms. The first-order valence-corrected chi connectivity index (χ1v) is 9.34. The smallest absolute Gasteiger partial charge is 0.326 e. The summed E-state index contributed by atoms with van der Waals surface area (Å²) >= 11 is 2.12. The molecule has 0 aliphatic heterocycles. The summed E-state index contributed by atoms with van der Waals surface area (Å²) < 4.78 is 1.15. The average Bonchev–Trinajstić information content (AvgIpc) is 2.65. The fraction of sp³-hybridized carbons (Fsp3) is 0.278. The fourth-order valence-electron chi connectivity index (χ4n) is 2.45. The topological polar surface area (TPSA) is 114 Å². The second kappa shape index (κ2) is 9.48. The van der Waals surface area contributed by atoms with Gasteiger partial charge in [-0.25, -0.2) is 4.79 Å². The maximum atomic E-state index is 12.7. The Morgan fingerprint density at radius 2 is 1.88 bits per heavy atom. The van der Waals surface area contributed by atoms with Gasteiger partial charge in [-0.15, -0.1) is 0 Å². The number of aromatic nitrogens is 1. The standard InChI is InChI=1S/C18H20IN3O4/c19-15(12-6-2-1-3-7-12)22-11-5-8-13(17(22)24)16(23)21-14(18(25)26)9-4-10-20/h1-3,5-8,11,14-15H,4,9-10,20H2,(H,21,23)(H,25,26)/t14-,15?/m0/s1. The number of alkyl halides is 1. The van der Waals surface area contributed by atoms with Crippen molar-refractivity contribution in [2.75, 3.05) is 6.54 Å². The van der Waals surface area contributed by atoms with E-state index in [1.807, 2.05) is 30.3 Å². The first kappa shape index (κ1) is 20.1. The Labute approximate surface area is 164 Å². The van der Waals surface area contributed by atoms with Crippen molar-refractivity contribution in [1.29, 1.82) is 0 Å². The molecule has 8 heteroatoms. The monoisotopic (exact) mass is 469 g/mol. The van der Waals surface area contributed by atoms with Crippen molar-refractivity contribution < 1.29 is 14.7 Å². The molecule has 1 unspecified atom stereocenters. The van der Waals surface area contributed by atoms with Gasteiger partial charge in [0.25, 0.3) is 11.5 Å². The molecule has 4 N–H and O–H groups in total. The van der Waals surface area contributed by atoms with E-state index in [4.69, 9.17) is 5.73 Å². The number of amides is 1. The molecule has 2 aromatic rings. The summed E-state index contributed by atoms with van der Waals surface area (Å²) in [5, 5.41) is 11.6. The van der Waals surface area contributed by atoms with E-state index in [0.29, 0.717) is 13.0 Å². The third-order valence-corrected chi connectivity index (χ3v) is 5.16. The van der Waals surface area contributed by atoms with Crippen molar-refractivity contribution in [3.05, 3.63) is 70.1 Å². The van der Waals surface area contributed by atoms with Gasteiger partial charge in [-0.1, -0.05) is 52.9 Å². The Hall–Kier alpha value is -2.20. The summed E-state index contributed by atoms with van der Waals surface area (Å²) in [6.45, 7) is 0.325. The molecular formula is C18H20IN3O4. The number of halogens is 1. The maximum Gasteiger partial charge on any atom is 0.326 e. The number of rotatable bonds is 8. The van der Waals surface area contributed by atoms with Gasteiger partial charge in [0.05, 0.1) is 0 Å². The van der Waals surface area contributed by atoms with Gasteiger partial charge >= 0.3 is 5.97 Å². The van der Waals surface area contributed by atoms with Gasteiger partial charge in [-0.3, -0.25) is 14.2 Å². The Kier molecular flexibility index (Phi) is 7.34. The molecule has 0 fully saturated rings. The van der Waals surface area contributed by atoms with Crippen LogP contribution in [0.5, 0.6) is 0 Å². The molecule has 0 aliphatic rings. The Morgan fingerprint density at radius 3 is 2.50 bits per heavy atom. The van der Waals surface area contributed by atoms with Crippen molar-refractivity contribution in [3.63, 3.8) is 0 Å². The number of hydrogen-bond acceptors (Lipinski definition) is 4. The minimum absolute atomic E-state index is 0.0934. The molecule has 1 heterocycles. The van der Waals surface area contributed by atoms with Crippen LogP contribution in [0.1, 0.15) is 32.8 Å². The molecule has 1 aromatic carbocycles. The molecule has 0 bridgehead atoms. The van der Waals surface area contributed by atoms with Crippen molar-refractivity contribution in [2.45, 2.75) is 22.9 Å². The van der Waals surface area contributed by atoms with Gasteiger partial charge in [0, 0.05) is 6.20 Å². The predicted molar refractivity (Wildman–Crippen MR) is 106 cm³/mol. The number of benzene rings is 1. The van der Waals surface area contributed by atoms with E-state index in [2.05, 4.69) is 27.9 Å². The van der Waals surface area contributed by atoms with E-state index in [-0.39, 0.29) is 16.0 Å². The minimum Gasteiger partial charge on any atom is -0.480 e. The number of carboxylic acids is 1. The minimum atomic E-state index is -1.15. The van der Waals surface area contributed by atoms with E-state index in [1.165, 1.54) is 10.6 Å². The Morgan fingerprint density at radius 1 is 1.19 bits per heavy atom. The third kappa shape index (κ3) is 4.92. The van der Waals surface area contributed by atoms with Gasteiger partial charge in [-0.05, 0) is 37.1 Å². The van der Waals surface area contributed by atoms with Gasteiger partial charge in [-0.2, -0.15) is 0 Å². The highest BCUT2D eigenvalue weighted by atomic mass is 127. The zero-order valence-corrected chi connectivity index (χ0v) is 16.1. The number of carbonyl (C=O) groups excluding carboxylic acids is 1. The van der Waals surface area contributed by atoms with Crippen LogP contribution in [0.4, 0.5) is 0 Å². The number of nitrogens with zero attached hydrogens (tertiary/aromatic N) is 1. The molecule has 0 saturated carbocycles. The van der Waals surface area contributed by atoms with Gasteiger partial charge in [0.15, 0.2) is 0 Å². The zero-order chi connectivity index (χ0) is 19.1. The summed E-state index contributed by atoms with van der Waals surface area (Å²) in [4.78, 5) is 36.4. The zero-order valence-electron chi connectivity index (χ0n) is 14.0. The summed E-state index contributed by atoms with van der Waals surface area (Å²) in [6, 6.07) is 11.3. The van der Waals surface area contributed by atoms with Crippen LogP contribution >= 0.6 is 22.6 Å². The molecule has 2 atom stereocenters. The second-order valence-electron chi connectivity index (χ2n) is 5.68. The van der Waals surface area contributed by atoms with E-state index >= 15 is 0 Å². The van der Waals surface area contributed by atoms with Crippen LogP contribution < -0.4 is 16.6 Å². The molecule has 0 aliphatic carbocycles. The first-order valence-electron chi connectivity index (χ1n) is 8.09. The highest BCUT2D eigenvalue weighted by molar-refractivity contribution is 14.1. The molecule has 7 nitrogen and oxygen atoms in total. The van der Waals surface area contributed by atoms with Gasteiger partial charge in [0.1, 0.15) is 15.7 Å². The van der Waals surface area contributed by atoms with Crippen LogP contribution in [0.15, 0.2) is 53.5 Å². The van der Waals surface area contributed by atoms with Crippen molar-refractivity contribution in [3.8, 4) is 0 Å². The summed E-state index contributed by atoms with van der Waals surface area (Å²) in [6.07, 6.45) is 2.27. The quantitative estimate of drug-likeness (QED) is 0.403. The molecule has 0 spiro atoms. The van der Waals surface area contributed by atoms with Crippen LogP contribution in [0.25, 0.3) is 0 Å². The van der Waals surface area contributed by atoms with Crippen LogP contribution in [-0.4, -0.2) is 34.1 Å². The van der Waals surface area contributed by atoms with E-state index < -0.39 is 23.5 Å². The Balaban J connectivity index is 2.26. The lowest BCUT2D eigenvalue weighted by atomic mass is 10.1. The SMILES string of the molecule is NCCC[C@H](NC(=O)c1cccn(C(I)c2ccccc2)c1=O)C(=O)O. The summed E-state index contributed by atoms with van der Waals surface area (Å²) in [7, 11) is 0. The van der Waals surface area contributed by atoms with Crippen molar-refractivity contribution in [1.82, 2.24) is 9.88 Å². The average molecular weight is 469 g/mol. The first-order chi connectivity index (χ1) is 12.5. The fourth-order valence-corrected chi connectivity index (χ4v) is 3.30. The molecule has 1 amide bonds. The lowest BCUT2D eigenvalue weighted by Gasteiger charge is -2.17. The van der Waals surface area contributed by atoms with E-state index in [9.17, 15) is 19.5 Å². The summed E-state index contributed by atoms with van der Waals surface area (Å²) in [5.74, 6) is -1.86. The highest BCUT2D eigenvalue weighted by Crippen LogP contribution is 2.23. The number of carbonyl (C=O) groups is 2. The largest absolute Gasteiger partial charge is 0.480 e. The maximum absolute atomic E-state index is 12.7. The molecule has 0 radical (unpaired) electrons. The second-order valence-corrected chi connectivity index (χ2v) is 6.86. The van der Waals surface area contributed by atoms with Crippen LogP contribution in [0.3, 0.4) is 0 Å². The molecule has 138 valence electrons. The third-order valence-electron chi connectivity index (χ3n) is 3.84.